The van der Waals surface area contributed by atoms with Crippen molar-refractivity contribution in [2.45, 2.75) is 51.7 Å². The molecule has 27 heavy (non-hydrogen) atoms. The fraction of sp³-hybridized carbons (Fsp3) is 0.737. The van der Waals surface area contributed by atoms with E-state index in [2.05, 4.69) is 41.0 Å². The van der Waals surface area contributed by atoms with Gasteiger partial charge in [0.15, 0.2) is 5.96 Å². The van der Waals surface area contributed by atoms with Crippen LogP contribution in [0.4, 0.5) is 0 Å². The van der Waals surface area contributed by atoms with Crippen molar-refractivity contribution in [1.82, 2.24) is 20.1 Å². The largest absolute Gasteiger partial charge is 0.443 e. The summed E-state index contributed by atoms with van der Waals surface area (Å²) in [6, 6.07) is 0. The molecule has 3 heterocycles. The van der Waals surface area contributed by atoms with Gasteiger partial charge in [-0.3, -0.25) is 9.79 Å². The number of carbonyl (C=O) groups excluding carboxylic acids is 1. The van der Waals surface area contributed by atoms with Gasteiger partial charge in [-0.2, -0.15) is 0 Å². The topological polar surface area (TPSA) is 83.2 Å². The third kappa shape index (κ3) is 4.80. The van der Waals surface area contributed by atoms with Gasteiger partial charge >= 0.3 is 0 Å². The number of ether oxygens (including phenoxy) is 1. The summed E-state index contributed by atoms with van der Waals surface area (Å²) >= 11 is 0. The molecule has 0 radical (unpaired) electrons. The van der Waals surface area contributed by atoms with Gasteiger partial charge in [0.2, 0.25) is 5.89 Å². The lowest BCUT2D eigenvalue weighted by atomic mass is 9.94. The third-order valence-electron chi connectivity index (χ3n) is 5.00. The lowest BCUT2D eigenvalue weighted by Gasteiger charge is -2.37. The van der Waals surface area contributed by atoms with Crippen LogP contribution in [0.1, 0.15) is 45.3 Å². The molecule has 8 heteroatoms. The zero-order chi connectivity index (χ0) is 19.4. The molecule has 1 N–H and O–H groups in total. The Labute approximate surface area is 161 Å². The summed E-state index contributed by atoms with van der Waals surface area (Å²) in [5.74, 6) is 2.45. The Bertz CT molecular complexity index is 665. The summed E-state index contributed by atoms with van der Waals surface area (Å²) in [5, 5.41) is 3.31. The molecule has 3 rings (SSSR count). The van der Waals surface area contributed by atoms with Crippen LogP contribution in [0.25, 0.3) is 0 Å². The van der Waals surface area contributed by atoms with E-state index in [1.165, 1.54) is 0 Å². The van der Waals surface area contributed by atoms with Crippen LogP contribution in [0.15, 0.2) is 15.6 Å². The van der Waals surface area contributed by atoms with E-state index in [9.17, 15) is 4.79 Å². The maximum absolute atomic E-state index is 12.5. The second kappa shape index (κ2) is 8.29. The highest BCUT2D eigenvalue weighted by atomic mass is 16.5. The van der Waals surface area contributed by atoms with Crippen molar-refractivity contribution in [3.63, 3.8) is 0 Å². The van der Waals surface area contributed by atoms with Gasteiger partial charge in [-0.25, -0.2) is 4.98 Å². The molecule has 1 aromatic heterocycles. The number of piperazine rings is 1. The Morgan fingerprint density at radius 1 is 1.30 bits per heavy atom. The molecule has 0 aliphatic carbocycles. The van der Waals surface area contributed by atoms with Crippen molar-refractivity contribution in [2.75, 3.05) is 39.8 Å². The first-order valence-electron chi connectivity index (χ1n) is 9.69. The molecular formula is C19H31N5O3. The van der Waals surface area contributed by atoms with Crippen molar-refractivity contribution < 1.29 is 13.9 Å². The molecule has 8 nitrogen and oxygen atoms in total. The SMILES string of the molecule is CN=C(NCc1ncc(C(C)(C)C)o1)N1CCN(C(=O)C2CCCO2)CC1. The first kappa shape index (κ1) is 19.7. The van der Waals surface area contributed by atoms with Crippen LogP contribution in [0, 0.1) is 0 Å². The van der Waals surface area contributed by atoms with E-state index in [0.29, 0.717) is 32.1 Å². The Hall–Kier alpha value is -2.09. The molecule has 0 spiro atoms. The number of hydrogen-bond acceptors (Lipinski definition) is 5. The number of rotatable bonds is 3. The predicted octanol–water partition coefficient (Wildman–Crippen LogP) is 1.37. The first-order chi connectivity index (χ1) is 12.9. The molecule has 1 unspecified atom stereocenters. The highest BCUT2D eigenvalue weighted by molar-refractivity contribution is 5.82. The molecule has 1 amide bonds. The molecule has 1 aromatic rings. The van der Waals surface area contributed by atoms with Gasteiger partial charge < -0.3 is 24.3 Å². The van der Waals surface area contributed by atoms with Gasteiger partial charge in [-0.15, -0.1) is 0 Å². The van der Waals surface area contributed by atoms with E-state index in [1.54, 1.807) is 13.2 Å². The molecule has 2 saturated heterocycles. The van der Waals surface area contributed by atoms with Gasteiger partial charge in [-0.1, -0.05) is 20.8 Å². The summed E-state index contributed by atoms with van der Waals surface area (Å²) in [7, 11) is 1.77. The maximum Gasteiger partial charge on any atom is 0.251 e. The average Bonchev–Trinajstić information content (AvgIpc) is 3.34. The lowest BCUT2D eigenvalue weighted by molar-refractivity contribution is -0.142. The van der Waals surface area contributed by atoms with Crippen LogP contribution in [0.2, 0.25) is 0 Å². The molecular weight excluding hydrogens is 346 g/mol. The van der Waals surface area contributed by atoms with Crippen molar-refractivity contribution in [1.29, 1.82) is 0 Å². The minimum Gasteiger partial charge on any atom is -0.443 e. The predicted molar refractivity (Wildman–Crippen MR) is 103 cm³/mol. The number of nitrogens with zero attached hydrogens (tertiary/aromatic N) is 4. The normalized spacial score (nSPS) is 21.6. The molecule has 2 fully saturated rings. The van der Waals surface area contributed by atoms with Gasteiger partial charge in [0.05, 0.1) is 12.7 Å². The Kier molecular flexibility index (Phi) is 6.04. The Balaban J connectivity index is 1.49. The minimum atomic E-state index is -0.240. The summed E-state index contributed by atoms with van der Waals surface area (Å²) in [6.07, 6.45) is 3.37. The van der Waals surface area contributed by atoms with Gasteiger partial charge in [-0.05, 0) is 12.8 Å². The number of hydrogen-bond donors (Lipinski definition) is 1. The number of guanidine groups is 1. The summed E-state index contributed by atoms with van der Waals surface area (Å²) in [5.41, 5.74) is -0.0567. The van der Waals surface area contributed by atoms with E-state index in [4.69, 9.17) is 9.15 Å². The quantitative estimate of drug-likeness (QED) is 0.633. The second-order valence-electron chi connectivity index (χ2n) is 8.08. The number of nitrogens with one attached hydrogen (secondary N) is 1. The van der Waals surface area contributed by atoms with Crippen LogP contribution in [-0.2, 0) is 21.5 Å². The summed E-state index contributed by atoms with van der Waals surface area (Å²) in [4.78, 5) is 25.2. The van der Waals surface area contributed by atoms with Crippen LogP contribution >= 0.6 is 0 Å². The molecule has 0 aromatic carbocycles. The Morgan fingerprint density at radius 3 is 2.56 bits per heavy atom. The second-order valence-corrected chi connectivity index (χ2v) is 8.08. The van der Waals surface area contributed by atoms with Crippen molar-refractivity contribution >= 4 is 11.9 Å². The summed E-state index contributed by atoms with van der Waals surface area (Å²) in [6.45, 7) is 10.3. The first-order valence-corrected chi connectivity index (χ1v) is 9.69. The molecule has 2 aliphatic rings. The van der Waals surface area contributed by atoms with Crippen molar-refractivity contribution in [3.05, 3.63) is 17.8 Å². The monoisotopic (exact) mass is 377 g/mol. The van der Waals surface area contributed by atoms with E-state index in [-0.39, 0.29) is 17.4 Å². The standard InChI is InChI=1S/C19H31N5O3/c1-19(2,3)15-12-21-16(27-15)13-22-18(20-4)24-9-7-23(8-10-24)17(25)14-6-5-11-26-14/h12,14H,5-11,13H2,1-4H3,(H,20,22). The van der Waals surface area contributed by atoms with E-state index in [1.807, 2.05) is 4.90 Å². The molecule has 0 saturated carbocycles. The Morgan fingerprint density at radius 2 is 2.00 bits per heavy atom. The smallest absolute Gasteiger partial charge is 0.251 e. The van der Waals surface area contributed by atoms with Gasteiger partial charge in [0.25, 0.3) is 5.91 Å². The molecule has 0 bridgehead atoms. The fourth-order valence-electron chi connectivity index (χ4n) is 3.34. The van der Waals surface area contributed by atoms with Crippen LogP contribution < -0.4 is 5.32 Å². The molecule has 1 atom stereocenters. The van der Waals surface area contributed by atoms with Gasteiger partial charge in [0.1, 0.15) is 11.9 Å². The van der Waals surface area contributed by atoms with Crippen LogP contribution in [-0.4, -0.2) is 72.6 Å². The van der Waals surface area contributed by atoms with Crippen molar-refractivity contribution in [2.24, 2.45) is 4.99 Å². The number of aromatic nitrogens is 1. The summed E-state index contributed by atoms with van der Waals surface area (Å²) < 4.78 is 11.3. The van der Waals surface area contributed by atoms with E-state index >= 15 is 0 Å². The van der Waals surface area contributed by atoms with Crippen LogP contribution in [0.3, 0.4) is 0 Å². The highest BCUT2D eigenvalue weighted by Gasteiger charge is 2.31. The zero-order valence-corrected chi connectivity index (χ0v) is 16.8. The average molecular weight is 377 g/mol. The van der Waals surface area contributed by atoms with E-state index in [0.717, 1.165) is 37.7 Å². The maximum atomic E-state index is 12.5. The lowest BCUT2D eigenvalue weighted by Crippen LogP contribution is -2.55. The fourth-order valence-corrected chi connectivity index (χ4v) is 3.34. The number of carbonyl (C=O) groups is 1. The van der Waals surface area contributed by atoms with Gasteiger partial charge in [0, 0.05) is 45.2 Å². The number of oxazole rings is 1. The zero-order valence-electron chi connectivity index (χ0n) is 16.8. The number of aliphatic imine (C=N–C) groups is 1. The molecule has 150 valence electrons. The number of amides is 1. The van der Waals surface area contributed by atoms with Crippen molar-refractivity contribution in [3.8, 4) is 0 Å². The van der Waals surface area contributed by atoms with E-state index < -0.39 is 0 Å². The van der Waals surface area contributed by atoms with Crippen LogP contribution in [0.5, 0.6) is 0 Å². The highest BCUT2D eigenvalue weighted by Crippen LogP contribution is 2.22. The third-order valence-corrected chi connectivity index (χ3v) is 5.00. The minimum absolute atomic E-state index is 0.0567. The molecule has 2 aliphatic heterocycles.